The maximum Gasteiger partial charge on any atom is 0.224 e. The van der Waals surface area contributed by atoms with E-state index in [0.717, 1.165) is 62.9 Å². The highest BCUT2D eigenvalue weighted by Crippen LogP contribution is 2.27. The number of nitrogens with one attached hydrogen (secondary N) is 1. The monoisotopic (exact) mass is 369 g/mol. The molecule has 27 heavy (non-hydrogen) atoms. The van der Waals surface area contributed by atoms with Gasteiger partial charge in [0.25, 0.3) is 0 Å². The van der Waals surface area contributed by atoms with E-state index < -0.39 is 0 Å². The number of rotatable bonds is 4. The van der Waals surface area contributed by atoms with E-state index in [-0.39, 0.29) is 5.91 Å². The largest absolute Gasteiger partial charge is 0.480 e. The first-order valence-electron chi connectivity index (χ1n) is 9.78. The van der Waals surface area contributed by atoms with E-state index in [4.69, 9.17) is 4.74 Å². The molecule has 7 nitrogen and oxygen atoms in total. The van der Waals surface area contributed by atoms with Crippen molar-refractivity contribution in [3.63, 3.8) is 0 Å². The standard InChI is InChI=1S/C20H27N5O2/c1-27-20-17-12-16(6-7-18(17)21-14-22-20)25-10-8-24(9-11-25)13-15-4-2-3-5-19(26)23-15/h6-7,12,14-15H,2-5,8-11,13H2,1H3,(H,23,26). The highest BCUT2D eigenvalue weighted by Gasteiger charge is 2.23. The molecule has 0 radical (unpaired) electrons. The summed E-state index contributed by atoms with van der Waals surface area (Å²) in [5.74, 6) is 0.827. The molecule has 2 saturated heterocycles. The lowest BCUT2D eigenvalue weighted by atomic mass is 10.1. The number of carbonyl (C=O) groups is 1. The van der Waals surface area contributed by atoms with E-state index in [1.165, 1.54) is 12.0 Å². The lowest BCUT2D eigenvalue weighted by Crippen LogP contribution is -2.51. The Morgan fingerprint density at radius 2 is 2.04 bits per heavy atom. The van der Waals surface area contributed by atoms with Crippen molar-refractivity contribution in [2.45, 2.75) is 31.7 Å². The quantitative estimate of drug-likeness (QED) is 0.887. The smallest absolute Gasteiger partial charge is 0.224 e. The summed E-state index contributed by atoms with van der Waals surface area (Å²) >= 11 is 0. The minimum atomic E-state index is 0.212. The van der Waals surface area contributed by atoms with E-state index in [1.54, 1.807) is 7.11 Å². The number of benzene rings is 1. The lowest BCUT2D eigenvalue weighted by molar-refractivity contribution is -0.121. The van der Waals surface area contributed by atoms with Gasteiger partial charge in [0.1, 0.15) is 6.33 Å². The van der Waals surface area contributed by atoms with Crippen molar-refractivity contribution in [3.8, 4) is 5.88 Å². The lowest BCUT2D eigenvalue weighted by Gasteiger charge is -2.37. The highest BCUT2D eigenvalue weighted by molar-refractivity contribution is 5.86. The number of nitrogens with zero attached hydrogens (tertiary/aromatic N) is 4. The second-order valence-electron chi connectivity index (χ2n) is 7.38. The molecule has 1 amide bonds. The van der Waals surface area contributed by atoms with Crippen LogP contribution in [0.5, 0.6) is 5.88 Å². The number of fused-ring (bicyclic) bond motifs is 1. The molecule has 0 spiro atoms. The minimum absolute atomic E-state index is 0.212. The molecule has 4 rings (SSSR count). The van der Waals surface area contributed by atoms with Crippen LogP contribution in [0, 0.1) is 0 Å². The Hall–Kier alpha value is -2.41. The molecule has 1 atom stereocenters. The van der Waals surface area contributed by atoms with Crippen LogP contribution < -0.4 is 15.0 Å². The highest BCUT2D eigenvalue weighted by atomic mass is 16.5. The number of methoxy groups -OCH3 is 1. The zero-order valence-corrected chi connectivity index (χ0v) is 15.9. The van der Waals surface area contributed by atoms with Gasteiger partial charge in [-0.25, -0.2) is 9.97 Å². The summed E-state index contributed by atoms with van der Waals surface area (Å²) in [6.07, 6.45) is 5.47. The number of carbonyl (C=O) groups excluding carboxylic acids is 1. The topological polar surface area (TPSA) is 70.6 Å². The van der Waals surface area contributed by atoms with E-state index in [1.807, 2.05) is 6.07 Å². The van der Waals surface area contributed by atoms with Gasteiger partial charge in [-0.15, -0.1) is 0 Å². The number of hydrogen-bond donors (Lipinski definition) is 1. The third kappa shape index (κ3) is 4.13. The summed E-state index contributed by atoms with van der Waals surface area (Å²) in [5.41, 5.74) is 2.08. The summed E-state index contributed by atoms with van der Waals surface area (Å²) in [7, 11) is 1.64. The predicted molar refractivity (Wildman–Crippen MR) is 105 cm³/mol. The van der Waals surface area contributed by atoms with Gasteiger partial charge in [-0.2, -0.15) is 0 Å². The van der Waals surface area contributed by atoms with E-state index >= 15 is 0 Å². The summed E-state index contributed by atoms with van der Waals surface area (Å²) in [6.45, 7) is 4.92. The first kappa shape index (κ1) is 18.0. The average Bonchev–Trinajstić information content (AvgIpc) is 2.91. The van der Waals surface area contributed by atoms with Gasteiger partial charge in [0.2, 0.25) is 11.8 Å². The summed E-state index contributed by atoms with van der Waals surface area (Å²) in [6, 6.07) is 6.57. The Morgan fingerprint density at radius 3 is 2.85 bits per heavy atom. The van der Waals surface area contributed by atoms with Crippen molar-refractivity contribution < 1.29 is 9.53 Å². The molecule has 2 aromatic rings. The van der Waals surface area contributed by atoms with Crippen LogP contribution >= 0.6 is 0 Å². The Balaban J connectivity index is 1.39. The van der Waals surface area contributed by atoms with Gasteiger partial charge < -0.3 is 15.0 Å². The van der Waals surface area contributed by atoms with Gasteiger partial charge in [0, 0.05) is 50.9 Å². The maximum atomic E-state index is 11.8. The van der Waals surface area contributed by atoms with Crippen molar-refractivity contribution in [2.24, 2.45) is 0 Å². The molecule has 2 aliphatic heterocycles. The van der Waals surface area contributed by atoms with Gasteiger partial charge in [-0.3, -0.25) is 9.69 Å². The molecule has 0 saturated carbocycles. The number of amides is 1. The van der Waals surface area contributed by atoms with Crippen molar-refractivity contribution in [1.82, 2.24) is 20.2 Å². The fraction of sp³-hybridized carbons (Fsp3) is 0.550. The Bertz CT molecular complexity index is 804. The zero-order chi connectivity index (χ0) is 18.6. The minimum Gasteiger partial charge on any atom is -0.480 e. The molecule has 1 aromatic carbocycles. The van der Waals surface area contributed by atoms with Gasteiger partial charge >= 0.3 is 0 Å². The summed E-state index contributed by atoms with van der Waals surface area (Å²) in [5, 5.41) is 4.13. The van der Waals surface area contributed by atoms with Crippen molar-refractivity contribution in [3.05, 3.63) is 24.5 Å². The predicted octanol–water partition coefficient (Wildman–Crippen LogP) is 1.82. The maximum absolute atomic E-state index is 11.8. The van der Waals surface area contributed by atoms with Crippen LogP contribution in [-0.4, -0.2) is 66.7 Å². The van der Waals surface area contributed by atoms with Crippen LogP contribution in [0.2, 0.25) is 0 Å². The van der Waals surface area contributed by atoms with Gasteiger partial charge in [-0.1, -0.05) is 6.42 Å². The molecular weight excluding hydrogens is 342 g/mol. The second kappa shape index (κ2) is 8.08. The van der Waals surface area contributed by atoms with Crippen molar-refractivity contribution in [2.75, 3.05) is 44.7 Å². The molecule has 144 valence electrons. The molecular formula is C20H27N5O2. The van der Waals surface area contributed by atoms with Crippen LogP contribution in [-0.2, 0) is 4.79 Å². The Morgan fingerprint density at radius 1 is 1.19 bits per heavy atom. The number of anilines is 1. The number of piperazine rings is 1. The fourth-order valence-electron chi connectivity index (χ4n) is 4.07. The van der Waals surface area contributed by atoms with E-state index in [0.29, 0.717) is 18.3 Å². The number of aromatic nitrogens is 2. The number of ether oxygens (including phenoxy) is 1. The van der Waals surface area contributed by atoms with Crippen LogP contribution in [0.25, 0.3) is 10.9 Å². The second-order valence-corrected chi connectivity index (χ2v) is 7.38. The molecule has 3 heterocycles. The van der Waals surface area contributed by atoms with Gasteiger partial charge in [0.05, 0.1) is 18.0 Å². The van der Waals surface area contributed by atoms with E-state index in [9.17, 15) is 4.79 Å². The molecule has 1 N–H and O–H groups in total. The normalized spacial score (nSPS) is 21.7. The van der Waals surface area contributed by atoms with Gasteiger partial charge in [0.15, 0.2) is 0 Å². The van der Waals surface area contributed by atoms with Crippen LogP contribution in [0.15, 0.2) is 24.5 Å². The average molecular weight is 369 g/mol. The van der Waals surface area contributed by atoms with E-state index in [2.05, 4.69) is 37.2 Å². The zero-order valence-electron chi connectivity index (χ0n) is 15.9. The van der Waals surface area contributed by atoms with Crippen LogP contribution in [0.1, 0.15) is 25.7 Å². The van der Waals surface area contributed by atoms with Crippen LogP contribution in [0.4, 0.5) is 5.69 Å². The molecule has 1 aromatic heterocycles. The third-order valence-electron chi connectivity index (χ3n) is 5.56. The molecule has 0 aliphatic carbocycles. The first-order chi connectivity index (χ1) is 13.2. The Labute approximate surface area is 159 Å². The fourth-order valence-corrected chi connectivity index (χ4v) is 4.07. The summed E-state index contributed by atoms with van der Waals surface area (Å²) < 4.78 is 5.38. The SMILES string of the molecule is COc1ncnc2ccc(N3CCN(CC4CCCCC(=O)N4)CC3)cc12. The molecule has 2 aliphatic rings. The number of hydrogen-bond acceptors (Lipinski definition) is 6. The third-order valence-corrected chi connectivity index (χ3v) is 5.56. The van der Waals surface area contributed by atoms with Crippen molar-refractivity contribution in [1.29, 1.82) is 0 Å². The summed E-state index contributed by atoms with van der Waals surface area (Å²) in [4.78, 5) is 25.2. The molecule has 0 bridgehead atoms. The molecule has 2 fully saturated rings. The first-order valence-corrected chi connectivity index (χ1v) is 9.78. The molecule has 7 heteroatoms. The van der Waals surface area contributed by atoms with Crippen molar-refractivity contribution >= 4 is 22.5 Å². The Kier molecular flexibility index (Phi) is 5.38. The molecule has 1 unspecified atom stereocenters. The van der Waals surface area contributed by atoms with Crippen LogP contribution in [0.3, 0.4) is 0 Å². The van der Waals surface area contributed by atoms with Gasteiger partial charge in [-0.05, 0) is 31.0 Å².